The molecular weight excluding hydrogens is 598 g/mol. The summed E-state index contributed by atoms with van der Waals surface area (Å²) in [6.45, 7) is 0. The second kappa shape index (κ2) is 10.7. The molecule has 0 aliphatic heterocycles. The summed E-state index contributed by atoms with van der Waals surface area (Å²) in [5.74, 6) is -6.29. The lowest BCUT2D eigenvalue weighted by molar-refractivity contribution is -0.314. The number of rotatable bonds is 9. The van der Waals surface area contributed by atoms with Crippen LogP contribution in [0.4, 0.5) is 26.3 Å². The van der Waals surface area contributed by atoms with Crippen molar-refractivity contribution in [2.75, 3.05) is 0 Å². The molecule has 0 aromatic heterocycles. The first-order valence-corrected chi connectivity index (χ1v) is 14.2. The predicted molar refractivity (Wildman–Crippen MR) is 134 cm³/mol. The van der Waals surface area contributed by atoms with Gasteiger partial charge in [0.1, 0.15) is 21.3 Å². The van der Waals surface area contributed by atoms with Gasteiger partial charge in [0.2, 0.25) is 0 Å². The zero-order valence-electron chi connectivity index (χ0n) is 20.4. The lowest BCUT2D eigenvalue weighted by atomic mass is 9.84. The molecule has 0 bridgehead atoms. The molecule has 4 aromatic carbocycles. The van der Waals surface area contributed by atoms with Crippen molar-refractivity contribution in [2.24, 2.45) is 0 Å². The molecule has 0 radical (unpaired) electrons. The van der Waals surface area contributed by atoms with Gasteiger partial charge in [-0.2, -0.15) is 38.8 Å². The largest absolute Gasteiger partial charge is 0.433 e. The molecule has 4 aromatic rings. The predicted octanol–water partition coefficient (Wildman–Crippen LogP) is 6.74. The maximum absolute atomic E-state index is 15.7. The molecule has 0 aliphatic rings. The van der Waals surface area contributed by atoms with Crippen LogP contribution in [0.5, 0.6) is 11.5 Å². The number of hydrogen-bond donors (Lipinski definition) is 0. The maximum Gasteiger partial charge on any atom is 0.433 e. The molecule has 41 heavy (non-hydrogen) atoms. The number of benzene rings is 4. The second-order valence-corrected chi connectivity index (χ2v) is 11.6. The molecular formula is C27H18F6O6S2. The van der Waals surface area contributed by atoms with E-state index in [-0.39, 0.29) is 9.79 Å². The van der Waals surface area contributed by atoms with Crippen LogP contribution in [-0.4, -0.2) is 23.0 Å². The maximum atomic E-state index is 15.7. The van der Waals surface area contributed by atoms with Gasteiger partial charge in [0.15, 0.2) is 0 Å². The SMILES string of the molecule is O=S(=O)(Oc1ccc(C(F)(F)C(F)(c2ccc(OS(=O)(=O)c3ccccc3)cc2)C(F)(F)F)cc1)c1ccccc1. The van der Waals surface area contributed by atoms with E-state index in [4.69, 9.17) is 8.37 Å². The van der Waals surface area contributed by atoms with Crippen LogP contribution in [-0.2, 0) is 31.8 Å². The van der Waals surface area contributed by atoms with Crippen LogP contribution >= 0.6 is 0 Å². The van der Waals surface area contributed by atoms with Gasteiger partial charge < -0.3 is 8.37 Å². The second-order valence-electron chi connectivity index (χ2n) is 8.48. The molecule has 1 atom stereocenters. The highest BCUT2D eigenvalue weighted by Crippen LogP contribution is 2.57. The van der Waals surface area contributed by atoms with Crippen molar-refractivity contribution < 1.29 is 51.5 Å². The molecule has 0 spiro atoms. The van der Waals surface area contributed by atoms with E-state index in [9.17, 15) is 30.0 Å². The van der Waals surface area contributed by atoms with Crippen LogP contribution in [0.3, 0.4) is 0 Å². The van der Waals surface area contributed by atoms with E-state index in [0.717, 1.165) is 0 Å². The Kier molecular flexibility index (Phi) is 7.84. The average Bonchev–Trinajstić information content (AvgIpc) is 2.93. The number of hydrogen-bond acceptors (Lipinski definition) is 6. The summed E-state index contributed by atoms with van der Waals surface area (Å²) in [7, 11) is -8.80. The zero-order valence-corrected chi connectivity index (χ0v) is 22.1. The van der Waals surface area contributed by atoms with E-state index < -0.39 is 60.6 Å². The Bertz CT molecular complexity index is 1710. The fourth-order valence-corrected chi connectivity index (χ4v) is 5.61. The summed E-state index contributed by atoms with van der Waals surface area (Å²) in [5, 5.41) is 0. The third-order valence-electron chi connectivity index (χ3n) is 5.77. The highest BCUT2D eigenvalue weighted by molar-refractivity contribution is 7.87. The Labute approximate surface area is 231 Å². The highest BCUT2D eigenvalue weighted by Gasteiger charge is 2.72. The third-order valence-corrected chi connectivity index (χ3v) is 8.29. The van der Waals surface area contributed by atoms with Gasteiger partial charge in [-0.3, -0.25) is 0 Å². The fourth-order valence-electron chi connectivity index (χ4n) is 3.71. The summed E-state index contributed by atoms with van der Waals surface area (Å²) >= 11 is 0. The molecule has 0 saturated carbocycles. The van der Waals surface area contributed by atoms with Gasteiger partial charge in [0.25, 0.3) is 5.67 Å². The van der Waals surface area contributed by atoms with Crippen molar-refractivity contribution in [1.29, 1.82) is 0 Å². The van der Waals surface area contributed by atoms with Gasteiger partial charge in [-0.1, -0.05) is 48.5 Å². The summed E-state index contributed by atoms with van der Waals surface area (Å²) in [6, 6.07) is 17.4. The van der Waals surface area contributed by atoms with Crippen LogP contribution in [0.25, 0.3) is 0 Å². The van der Waals surface area contributed by atoms with Gasteiger partial charge in [-0.25, -0.2) is 4.39 Å². The molecule has 0 aliphatic carbocycles. The van der Waals surface area contributed by atoms with E-state index in [1.807, 2.05) is 0 Å². The zero-order chi connectivity index (χ0) is 30.1. The average molecular weight is 617 g/mol. The Morgan fingerprint density at radius 1 is 0.463 bits per heavy atom. The molecule has 14 heteroatoms. The van der Waals surface area contributed by atoms with Gasteiger partial charge in [0.05, 0.1) is 0 Å². The molecule has 0 saturated heterocycles. The molecule has 0 N–H and O–H groups in total. The smallest absolute Gasteiger partial charge is 0.379 e. The van der Waals surface area contributed by atoms with Crippen LogP contribution in [0.1, 0.15) is 11.1 Å². The molecule has 4 rings (SSSR count). The van der Waals surface area contributed by atoms with E-state index >= 15 is 13.2 Å². The monoisotopic (exact) mass is 616 g/mol. The number of halogens is 6. The molecule has 0 fully saturated rings. The lowest BCUT2D eigenvalue weighted by Crippen LogP contribution is -2.51. The Morgan fingerprint density at radius 3 is 1.15 bits per heavy atom. The normalized spacial score (nSPS) is 14.2. The van der Waals surface area contributed by atoms with E-state index in [0.29, 0.717) is 48.5 Å². The fraction of sp³-hybridized carbons (Fsp3) is 0.111. The van der Waals surface area contributed by atoms with Crippen molar-refractivity contribution >= 4 is 20.2 Å². The molecule has 216 valence electrons. The molecule has 1 unspecified atom stereocenters. The van der Waals surface area contributed by atoms with Crippen molar-refractivity contribution in [3.8, 4) is 11.5 Å². The molecule has 6 nitrogen and oxygen atoms in total. The Morgan fingerprint density at radius 2 is 0.805 bits per heavy atom. The first-order valence-electron chi connectivity index (χ1n) is 11.4. The summed E-state index contributed by atoms with van der Waals surface area (Å²) in [4.78, 5) is -0.548. The van der Waals surface area contributed by atoms with Crippen molar-refractivity contribution in [1.82, 2.24) is 0 Å². The Hall–Kier alpha value is -4.04. The van der Waals surface area contributed by atoms with Crippen LogP contribution in [0.2, 0.25) is 0 Å². The van der Waals surface area contributed by atoms with Crippen LogP contribution in [0, 0.1) is 0 Å². The summed E-state index contributed by atoms with van der Waals surface area (Å²) in [6.07, 6.45) is -6.15. The van der Waals surface area contributed by atoms with Crippen LogP contribution in [0.15, 0.2) is 119 Å². The first-order chi connectivity index (χ1) is 19.1. The minimum absolute atomic E-state index is 0.266. The van der Waals surface area contributed by atoms with Crippen LogP contribution < -0.4 is 8.37 Å². The third kappa shape index (κ3) is 5.88. The van der Waals surface area contributed by atoms with Gasteiger partial charge in [-0.05, 0) is 60.7 Å². The quantitative estimate of drug-likeness (QED) is 0.153. The van der Waals surface area contributed by atoms with Gasteiger partial charge in [0, 0.05) is 11.1 Å². The summed E-state index contributed by atoms with van der Waals surface area (Å²) in [5.41, 5.74) is -8.25. The van der Waals surface area contributed by atoms with E-state index in [1.54, 1.807) is 0 Å². The van der Waals surface area contributed by atoms with Gasteiger partial charge >= 0.3 is 32.3 Å². The van der Waals surface area contributed by atoms with Gasteiger partial charge in [-0.15, -0.1) is 0 Å². The minimum Gasteiger partial charge on any atom is -0.379 e. The van der Waals surface area contributed by atoms with Crippen molar-refractivity contribution in [3.05, 3.63) is 120 Å². The highest BCUT2D eigenvalue weighted by atomic mass is 32.2. The van der Waals surface area contributed by atoms with E-state index in [1.165, 1.54) is 60.7 Å². The number of alkyl halides is 6. The molecule has 0 heterocycles. The Balaban J connectivity index is 1.63. The van der Waals surface area contributed by atoms with Crippen molar-refractivity contribution in [2.45, 2.75) is 27.6 Å². The van der Waals surface area contributed by atoms with E-state index in [2.05, 4.69) is 0 Å². The standard InChI is InChI=1S/C27H18F6O6S2/c28-25(27(31,32)33,19-11-15-21(16-12-19)38-40(34,35)23-7-3-1-4-8-23)26(29,30)20-13-17-22(18-14-20)39-41(36,37)24-9-5-2-6-10-24/h1-18H. The molecule has 0 amide bonds. The topological polar surface area (TPSA) is 86.7 Å². The lowest BCUT2D eigenvalue weighted by Gasteiger charge is -2.35. The minimum atomic E-state index is -6.15. The first kappa shape index (κ1) is 29.9. The van der Waals surface area contributed by atoms with Crippen molar-refractivity contribution in [3.63, 3.8) is 0 Å². The summed E-state index contributed by atoms with van der Waals surface area (Å²) < 4.78 is 147.